The molecule has 0 aliphatic carbocycles. The molecule has 0 fully saturated rings. The van der Waals surface area contributed by atoms with Crippen LogP contribution in [0, 0.1) is 6.92 Å². The van der Waals surface area contributed by atoms with Gasteiger partial charge in [0.1, 0.15) is 12.4 Å². The molecule has 0 unspecified atom stereocenters. The molecule has 1 aromatic rings. The lowest BCUT2D eigenvalue weighted by atomic mass is 10.2. The normalized spacial score (nSPS) is 10.2. The Morgan fingerprint density at radius 2 is 2.25 bits per heavy atom. The van der Waals surface area contributed by atoms with E-state index in [1.54, 1.807) is 0 Å². The zero-order valence-electron chi connectivity index (χ0n) is 9.85. The first kappa shape index (κ1) is 13.1. The number of hydrogen-bond donors (Lipinski definition) is 1. The average Bonchev–Trinajstić information content (AvgIpc) is 2.25. The second-order valence-corrected chi connectivity index (χ2v) is 4.17. The van der Waals surface area contributed by atoms with E-state index in [4.69, 9.17) is 16.3 Å². The van der Waals surface area contributed by atoms with Gasteiger partial charge in [-0.15, -0.1) is 0 Å². The molecule has 0 spiro atoms. The highest BCUT2D eigenvalue weighted by Crippen LogP contribution is 2.21. The fraction of sp³-hybridized carbons (Fsp3) is 0.385. The lowest BCUT2D eigenvalue weighted by Gasteiger charge is -2.11. The summed E-state index contributed by atoms with van der Waals surface area (Å²) in [6, 6.07) is 5.61. The molecular weight excluding hydrogens is 222 g/mol. The molecule has 1 N–H and O–H groups in total. The standard InChI is InChI=1S/C13H18ClNO/c1-4-15-8-10(2)9-16-13-6-5-12(14)7-11(13)3/h5-7,15H,2,4,8-9H2,1,3H3. The second kappa shape index (κ2) is 6.56. The van der Waals surface area contributed by atoms with Gasteiger partial charge in [0.2, 0.25) is 0 Å². The fourth-order valence-electron chi connectivity index (χ4n) is 1.31. The van der Waals surface area contributed by atoms with Crippen molar-refractivity contribution in [1.82, 2.24) is 5.32 Å². The lowest BCUT2D eigenvalue weighted by molar-refractivity contribution is 0.346. The summed E-state index contributed by atoms with van der Waals surface area (Å²) in [5, 5.41) is 3.94. The Hall–Kier alpha value is -0.990. The van der Waals surface area contributed by atoms with Crippen LogP contribution in [0.4, 0.5) is 0 Å². The van der Waals surface area contributed by atoms with E-state index in [1.807, 2.05) is 25.1 Å². The third-order valence-corrected chi connectivity index (χ3v) is 2.43. The highest BCUT2D eigenvalue weighted by molar-refractivity contribution is 6.30. The van der Waals surface area contributed by atoms with Crippen molar-refractivity contribution in [2.24, 2.45) is 0 Å². The van der Waals surface area contributed by atoms with Crippen molar-refractivity contribution < 1.29 is 4.74 Å². The van der Waals surface area contributed by atoms with Crippen molar-refractivity contribution in [3.8, 4) is 5.75 Å². The summed E-state index contributed by atoms with van der Waals surface area (Å²) >= 11 is 5.87. The van der Waals surface area contributed by atoms with Gasteiger partial charge in [-0.25, -0.2) is 0 Å². The Morgan fingerprint density at radius 3 is 2.88 bits per heavy atom. The predicted molar refractivity (Wildman–Crippen MR) is 69.4 cm³/mol. The molecule has 0 atom stereocenters. The fourth-order valence-corrected chi connectivity index (χ4v) is 1.53. The Balaban J connectivity index is 2.45. The van der Waals surface area contributed by atoms with Crippen molar-refractivity contribution in [2.45, 2.75) is 13.8 Å². The quantitative estimate of drug-likeness (QED) is 0.770. The molecule has 1 rings (SSSR count). The second-order valence-electron chi connectivity index (χ2n) is 3.73. The van der Waals surface area contributed by atoms with Gasteiger partial charge in [0.15, 0.2) is 0 Å². The van der Waals surface area contributed by atoms with Gasteiger partial charge < -0.3 is 10.1 Å². The van der Waals surface area contributed by atoms with Gasteiger partial charge in [0.25, 0.3) is 0 Å². The Kier molecular flexibility index (Phi) is 5.36. The maximum absolute atomic E-state index is 5.87. The van der Waals surface area contributed by atoms with Crippen molar-refractivity contribution in [3.63, 3.8) is 0 Å². The van der Waals surface area contributed by atoms with Crippen LogP contribution in [-0.4, -0.2) is 19.7 Å². The van der Waals surface area contributed by atoms with E-state index in [0.717, 1.165) is 35.0 Å². The Labute approximate surface area is 102 Å². The molecule has 0 amide bonds. The number of likely N-dealkylation sites (N-methyl/N-ethyl adjacent to an activating group) is 1. The predicted octanol–water partition coefficient (Wildman–Crippen LogP) is 3.19. The van der Waals surface area contributed by atoms with Crippen molar-refractivity contribution in [2.75, 3.05) is 19.7 Å². The van der Waals surface area contributed by atoms with Crippen LogP contribution >= 0.6 is 11.6 Å². The molecular formula is C13H18ClNO. The monoisotopic (exact) mass is 239 g/mol. The molecule has 0 aliphatic rings. The lowest BCUT2D eigenvalue weighted by Crippen LogP contribution is -2.18. The zero-order valence-corrected chi connectivity index (χ0v) is 10.6. The summed E-state index contributed by atoms with van der Waals surface area (Å²) in [6.07, 6.45) is 0. The largest absolute Gasteiger partial charge is 0.489 e. The molecule has 0 heterocycles. The van der Waals surface area contributed by atoms with Gasteiger partial charge in [-0.3, -0.25) is 0 Å². The van der Waals surface area contributed by atoms with E-state index in [9.17, 15) is 0 Å². The van der Waals surface area contributed by atoms with E-state index < -0.39 is 0 Å². The third-order valence-electron chi connectivity index (χ3n) is 2.19. The topological polar surface area (TPSA) is 21.3 Å². The minimum atomic E-state index is 0.537. The van der Waals surface area contributed by atoms with Gasteiger partial charge in [-0.1, -0.05) is 25.1 Å². The number of rotatable bonds is 6. The van der Waals surface area contributed by atoms with Crippen LogP contribution in [0.5, 0.6) is 5.75 Å². The number of ether oxygens (including phenoxy) is 1. The first-order valence-electron chi connectivity index (χ1n) is 5.39. The van der Waals surface area contributed by atoms with E-state index >= 15 is 0 Å². The summed E-state index contributed by atoms with van der Waals surface area (Å²) in [5.74, 6) is 0.863. The minimum Gasteiger partial charge on any atom is -0.489 e. The van der Waals surface area contributed by atoms with Gasteiger partial charge in [-0.2, -0.15) is 0 Å². The molecule has 2 nitrogen and oxygen atoms in total. The van der Waals surface area contributed by atoms with E-state index in [-0.39, 0.29) is 0 Å². The summed E-state index contributed by atoms with van der Waals surface area (Å²) in [5.41, 5.74) is 2.08. The number of benzene rings is 1. The Morgan fingerprint density at radius 1 is 1.50 bits per heavy atom. The number of hydrogen-bond acceptors (Lipinski definition) is 2. The molecule has 16 heavy (non-hydrogen) atoms. The van der Waals surface area contributed by atoms with Gasteiger partial charge in [0, 0.05) is 11.6 Å². The molecule has 1 aromatic carbocycles. The maximum atomic E-state index is 5.87. The maximum Gasteiger partial charge on any atom is 0.122 e. The van der Waals surface area contributed by atoms with Crippen LogP contribution in [0.15, 0.2) is 30.4 Å². The Bertz CT molecular complexity index is 363. The van der Waals surface area contributed by atoms with E-state index in [2.05, 4.69) is 18.8 Å². The molecule has 0 saturated heterocycles. The van der Waals surface area contributed by atoms with Crippen LogP contribution in [-0.2, 0) is 0 Å². The smallest absolute Gasteiger partial charge is 0.122 e. The number of halogens is 1. The van der Waals surface area contributed by atoms with E-state index in [0.29, 0.717) is 6.61 Å². The van der Waals surface area contributed by atoms with Crippen LogP contribution < -0.4 is 10.1 Å². The molecule has 0 aromatic heterocycles. The highest BCUT2D eigenvalue weighted by Gasteiger charge is 2.01. The third kappa shape index (κ3) is 4.25. The van der Waals surface area contributed by atoms with E-state index in [1.165, 1.54) is 0 Å². The molecule has 0 bridgehead atoms. The van der Waals surface area contributed by atoms with Crippen molar-refractivity contribution in [3.05, 3.63) is 40.9 Å². The molecule has 0 aliphatic heterocycles. The molecule has 88 valence electrons. The summed E-state index contributed by atoms with van der Waals surface area (Å²) in [4.78, 5) is 0. The van der Waals surface area contributed by atoms with Crippen molar-refractivity contribution in [1.29, 1.82) is 0 Å². The van der Waals surface area contributed by atoms with Crippen LogP contribution in [0.1, 0.15) is 12.5 Å². The minimum absolute atomic E-state index is 0.537. The molecule has 0 saturated carbocycles. The van der Waals surface area contributed by atoms with Crippen LogP contribution in [0.25, 0.3) is 0 Å². The van der Waals surface area contributed by atoms with Gasteiger partial charge >= 0.3 is 0 Å². The summed E-state index contributed by atoms with van der Waals surface area (Å²) in [7, 11) is 0. The van der Waals surface area contributed by atoms with Gasteiger partial charge in [0.05, 0.1) is 0 Å². The summed E-state index contributed by atoms with van der Waals surface area (Å²) < 4.78 is 5.65. The van der Waals surface area contributed by atoms with Crippen LogP contribution in [0.3, 0.4) is 0 Å². The first-order valence-corrected chi connectivity index (χ1v) is 5.77. The highest BCUT2D eigenvalue weighted by atomic mass is 35.5. The number of nitrogens with one attached hydrogen (secondary N) is 1. The zero-order chi connectivity index (χ0) is 12.0. The SMILES string of the molecule is C=C(CNCC)COc1ccc(Cl)cc1C. The van der Waals surface area contributed by atoms with Crippen molar-refractivity contribution >= 4 is 11.6 Å². The van der Waals surface area contributed by atoms with Gasteiger partial charge in [-0.05, 0) is 42.8 Å². The average molecular weight is 240 g/mol. The first-order chi connectivity index (χ1) is 7.63. The molecule has 0 radical (unpaired) electrons. The molecule has 3 heteroatoms. The van der Waals surface area contributed by atoms with Crippen LogP contribution in [0.2, 0.25) is 5.02 Å². The number of aryl methyl sites for hydroxylation is 1. The summed E-state index contributed by atoms with van der Waals surface area (Å²) in [6.45, 7) is 10.3.